The third-order valence-electron chi connectivity index (χ3n) is 0.884. The molecule has 0 aromatic heterocycles. The molecular formula is C5H8N2O2. The average molecular weight is 127 g/mol. The second kappa shape index (κ2) is 3.87. The second-order valence-electron chi connectivity index (χ2n) is 1.64. The van der Waals surface area contributed by atoms with Crippen LogP contribution in [-0.4, -0.2) is 17.1 Å². The number of carbonyl (C=O) groups is 1. The first-order valence-corrected chi connectivity index (χ1v) is 2.54. The highest BCUT2D eigenvalue weighted by Crippen LogP contribution is 1.91. The normalized spacial score (nSPS) is 12.0. The summed E-state index contributed by atoms with van der Waals surface area (Å²) in [5.41, 5.74) is 5.05. The molecule has 0 radical (unpaired) electrons. The first kappa shape index (κ1) is 7.92. The topological polar surface area (TPSA) is 87.1 Å². The molecule has 50 valence electrons. The Kier molecular flexibility index (Phi) is 3.40. The molecule has 0 unspecified atom stereocenters. The van der Waals surface area contributed by atoms with Crippen molar-refractivity contribution < 1.29 is 9.90 Å². The molecule has 0 spiro atoms. The van der Waals surface area contributed by atoms with E-state index < -0.39 is 12.0 Å². The van der Waals surface area contributed by atoms with Gasteiger partial charge in [-0.2, -0.15) is 5.26 Å². The van der Waals surface area contributed by atoms with E-state index in [2.05, 4.69) is 0 Å². The molecule has 1 atom stereocenters. The molecule has 0 aliphatic carbocycles. The van der Waals surface area contributed by atoms with E-state index >= 15 is 0 Å². The number of carboxylic acid groups (broad SMARTS) is 1. The summed E-state index contributed by atoms with van der Waals surface area (Å²) in [5.74, 6) is -1.05. The number of aliphatic carboxylic acids is 1. The fourth-order valence-electron chi connectivity index (χ4n) is 0.344. The van der Waals surface area contributed by atoms with Crippen molar-refractivity contribution in [1.29, 1.82) is 5.26 Å². The van der Waals surface area contributed by atoms with Crippen LogP contribution in [0.5, 0.6) is 0 Å². The van der Waals surface area contributed by atoms with Crippen molar-refractivity contribution in [2.24, 2.45) is 5.73 Å². The Hall–Kier alpha value is -1.08. The molecular weight excluding hydrogens is 119 g/mol. The van der Waals surface area contributed by atoms with E-state index in [9.17, 15) is 4.79 Å². The van der Waals surface area contributed by atoms with Gasteiger partial charge in [0.15, 0.2) is 0 Å². The van der Waals surface area contributed by atoms with E-state index in [-0.39, 0.29) is 12.8 Å². The van der Waals surface area contributed by atoms with Crippen LogP contribution in [0.3, 0.4) is 0 Å². The molecule has 4 heteroatoms. The summed E-state index contributed by atoms with van der Waals surface area (Å²) in [6.07, 6.45) is 0.430. The number of hydrogen-bond donors (Lipinski definition) is 2. The number of hydrogen-bond acceptors (Lipinski definition) is 3. The van der Waals surface area contributed by atoms with E-state index in [4.69, 9.17) is 16.1 Å². The molecule has 0 aromatic carbocycles. The molecule has 0 rings (SSSR count). The minimum absolute atomic E-state index is 0.202. The molecule has 0 aliphatic rings. The van der Waals surface area contributed by atoms with Gasteiger partial charge in [0, 0.05) is 6.42 Å². The van der Waals surface area contributed by atoms with E-state index in [0.717, 1.165) is 0 Å². The van der Waals surface area contributed by atoms with E-state index in [0.29, 0.717) is 0 Å². The van der Waals surface area contributed by atoms with Gasteiger partial charge in [-0.3, -0.25) is 4.79 Å². The van der Waals surface area contributed by atoms with Crippen molar-refractivity contribution >= 4 is 5.97 Å². The van der Waals surface area contributed by atoms with Gasteiger partial charge in [-0.15, -0.1) is 0 Å². The van der Waals surface area contributed by atoms with Crippen molar-refractivity contribution in [3.8, 4) is 6.07 Å². The van der Waals surface area contributed by atoms with Gasteiger partial charge in [0.05, 0.1) is 6.07 Å². The lowest BCUT2D eigenvalue weighted by atomic mass is 10.0. The second-order valence-corrected chi connectivity index (χ2v) is 1.64. The van der Waals surface area contributed by atoms with E-state index in [1.807, 2.05) is 6.07 Å². The predicted octanol–water partition coefficient (Wildman–Crippen LogP) is -0.298. The standard InChI is InChI=1S/C5H8N2O2/c6-3-1-2-4(7)5(8)9/h4H,1-2,7H2,(H,8,9)/t4-/m0/s1/i3-1. The molecule has 0 saturated carbocycles. The zero-order valence-electron chi connectivity index (χ0n) is 4.87. The fourth-order valence-corrected chi connectivity index (χ4v) is 0.344. The minimum Gasteiger partial charge on any atom is -0.480 e. The van der Waals surface area contributed by atoms with Gasteiger partial charge in [-0.1, -0.05) is 0 Å². The Morgan fingerprint density at radius 2 is 2.44 bits per heavy atom. The highest BCUT2D eigenvalue weighted by molar-refractivity contribution is 5.72. The lowest BCUT2D eigenvalue weighted by Gasteiger charge is -1.99. The predicted molar refractivity (Wildman–Crippen MR) is 30.5 cm³/mol. The van der Waals surface area contributed by atoms with Gasteiger partial charge < -0.3 is 10.8 Å². The van der Waals surface area contributed by atoms with Gasteiger partial charge in [-0.25, -0.2) is 0 Å². The van der Waals surface area contributed by atoms with Crippen LogP contribution in [0.15, 0.2) is 0 Å². The largest absolute Gasteiger partial charge is 0.480 e. The maximum absolute atomic E-state index is 9.97. The summed E-state index contributed by atoms with van der Waals surface area (Å²) in [6.45, 7) is 0. The smallest absolute Gasteiger partial charge is 0.320 e. The van der Waals surface area contributed by atoms with Crippen LogP contribution in [0.4, 0.5) is 0 Å². The van der Waals surface area contributed by atoms with Crippen LogP contribution in [0.2, 0.25) is 0 Å². The fraction of sp³-hybridized carbons (Fsp3) is 0.600. The van der Waals surface area contributed by atoms with Crippen molar-refractivity contribution in [2.75, 3.05) is 0 Å². The van der Waals surface area contributed by atoms with Crippen LogP contribution in [0.25, 0.3) is 0 Å². The number of rotatable bonds is 3. The number of carboxylic acids is 1. The highest BCUT2D eigenvalue weighted by atomic mass is 16.4. The van der Waals surface area contributed by atoms with Gasteiger partial charge in [0.1, 0.15) is 6.04 Å². The summed E-state index contributed by atoms with van der Waals surface area (Å²) in [6, 6.07) is 0.926. The summed E-state index contributed by atoms with van der Waals surface area (Å²) in [7, 11) is 0. The Balaban J connectivity index is 3.41. The third-order valence-corrected chi connectivity index (χ3v) is 0.884. The Labute approximate surface area is 52.9 Å². The van der Waals surface area contributed by atoms with Crippen LogP contribution < -0.4 is 5.73 Å². The average Bonchev–Trinajstić information content (AvgIpc) is 1.82. The highest BCUT2D eigenvalue weighted by Gasteiger charge is 2.09. The van der Waals surface area contributed by atoms with Crippen molar-refractivity contribution in [3.63, 3.8) is 0 Å². The van der Waals surface area contributed by atoms with E-state index in [1.165, 1.54) is 0 Å². The molecule has 0 aromatic rings. The SMILES string of the molecule is N#[11C]CC[C@H](N)C(=O)O. The molecule has 0 bridgehead atoms. The van der Waals surface area contributed by atoms with Crippen molar-refractivity contribution in [3.05, 3.63) is 0 Å². The summed E-state index contributed by atoms with van der Waals surface area (Å²) < 4.78 is 0. The molecule has 0 aliphatic heterocycles. The lowest BCUT2D eigenvalue weighted by Crippen LogP contribution is -2.29. The van der Waals surface area contributed by atoms with Crippen LogP contribution in [-0.2, 0) is 4.79 Å². The van der Waals surface area contributed by atoms with Crippen LogP contribution >= 0.6 is 0 Å². The Bertz CT molecular complexity index is 138. The lowest BCUT2D eigenvalue weighted by molar-refractivity contribution is -0.138. The summed E-state index contributed by atoms with van der Waals surface area (Å²) in [4.78, 5) is 9.97. The van der Waals surface area contributed by atoms with Crippen LogP contribution in [0, 0.1) is 11.3 Å². The molecule has 0 amide bonds. The number of nitrogens with two attached hydrogens (primary N) is 1. The molecule has 0 heterocycles. The quantitative estimate of drug-likeness (QED) is 0.545. The van der Waals surface area contributed by atoms with Gasteiger partial charge in [0.2, 0.25) is 0 Å². The Morgan fingerprint density at radius 1 is 1.89 bits per heavy atom. The first-order chi connectivity index (χ1) is 4.18. The molecule has 0 saturated heterocycles. The summed E-state index contributed by atoms with van der Waals surface area (Å²) >= 11 is 0. The zero-order chi connectivity index (χ0) is 7.28. The van der Waals surface area contributed by atoms with Gasteiger partial charge in [0.25, 0.3) is 0 Å². The molecule has 9 heavy (non-hydrogen) atoms. The monoisotopic (exact) mass is 127 g/mol. The number of nitrogens with zero attached hydrogens (tertiary/aromatic N) is 1. The van der Waals surface area contributed by atoms with Gasteiger partial charge >= 0.3 is 5.97 Å². The third kappa shape index (κ3) is 3.50. The molecule has 4 nitrogen and oxygen atoms in total. The van der Waals surface area contributed by atoms with Crippen molar-refractivity contribution in [2.45, 2.75) is 18.9 Å². The molecule has 3 N–H and O–H groups in total. The van der Waals surface area contributed by atoms with Crippen LogP contribution in [0.1, 0.15) is 12.8 Å². The Morgan fingerprint density at radius 3 is 2.78 bits per heavy atom. The zero-order valence-corrected chi connectivity index (χ0v) is 4.87. The first-order valence-electron chi connectivity index (χ1n) is 2.54. The maximum Gasteiger partial charge on any atom is 0.320 e. The summed E-state index contributed by atoms with van der Waals surface area (Å²) in [5, 5.41) is 16.2. The maximum atomic E-state index is 9.97. The van der Waals surface area contributed by atoms with Crippen molar-refractivity contribution in [1.82, 2.24) is 0 Å². The van der Waals surface area contributed by atoms with E-state index in [1.54, 1.807) is 0 Å². The minimum atomic E-state index is -1.05. The number of nitriles is 1. The molecule has 0 fully saturated rings. The van der Waals surface area contributed by atoms with Gasteiger partial charge in [-0.05, 0) is 6.42 Å².